The van der Waals surface area contributed by atoms with Crippen LogP contribution < -0.4 is 14.8 Å². The van der Waals surface area contributed by atoms with E-state index in [1.54, 1.807) is 7.11 Å². The van der Waals surface area contributed by atoms with Crippen molar-refractivity contribution in [3.05, 3.63) is 23.8 Å². The summed E-state index contributed by atoms with van der Waals surface area (Å²) in [7, 11) is 1.66. The molecule has 0 bridgehead atoms. The third kappa shape index (κ3) is 5.49. The van der Waals surface area contributed by atoms with E-state index in [9.17, 15) is 0 Å². The highest BCUT2D eigenvalue weighted by Gasteiger charge is 2.09. The number of rotatable bonds is 10. The standard InChI is InChI=1S/C15H25NO3/c1-4-18-11-7-10-16-12-13-8-6-9-14(17-3)15(13)19-5-2/h6,8-9,16H,4-5,7,10-12H2,1-3H3. The molecule has 0 aliphatic heterocycles. The fourth-order valence-corrected chi connectivity index (χ4v) is 1.84. The van der Waals surface area contributed by atoms with Gasteiger partial charge in [-0.25, -0.2) is 0 Å². The lowest BCUT2D eigenvalue weighted by molar-refractivity contribution is 0.144. The van der Waals surface area contributed by atoms with Gasteiger partial charge in [0.05, 0.1) is 13.7 Å². The first-order chi connectivity index (χ1) is 9.33. The Labute approximate surface area is 116 Å². The van der Waals surface area contributed by atoms with Gasteiger partial charge >= 0.3 is 0 Å². The molecule has 19 heavy (non-hydrogen) atoms. The smallest absolute Gasteiger partial charge is 0.165 e. The van der Waals surface area contributed by atoms with E-state index < -0.39 is 0 Å². The molecule has 1 N–H and O–H groups in total. The minimum absolute atomic E-state index is 0.637. The molecule has 1 aromatic carbocycles. The predicted octanol–water partition coefficient (Wildman–Crippen LogP) is 2.61. The summed E-state index contributed by atoms with van der Waals surface area (Å²) in [4.78, 5) is 0. The van der Waals surface area contributed by atoms with E-state index >= 15 is 0 Å². The Morgan fingerprint density at radius 2 is 2.00 bits per heavy atom. The van der Waals surface area contributed by atoms with Gasteiger partial charge in [0, 0.05) is 25.3 Å². The zero-order chi connectivity index (χ0) is 13.9. The molecule has 0 saturated carbocycles. The van der Waals surface area contributed by atoms with E-state index in [1.807, 2.05) is 26.0 Å². The summed E-state index contributed by atoms with van der Waals surface area (Å²) < 4.78 is 16.3. The summed E-state index contributed by atoms with van der Waals surface area (Å²) in [5.41, 5.74) is 1.12. The van der Waals surface area contributed by atoms with Crippen molar-refractivity contribution in [2.24, 2.45) is 0 Å². The van der Waals surface area contributed by atoms with Gasteiger partial charge in [-0.2, -0.15) is 0 Å². The molecule has 0 unspecified atom stereocenters. The second-order valence-electron chi connectivity index (χ2n) is 4.11. The van der Waals surface area contributed by atoms with Crippen molar-refractivity contribution >= 4 is 0 Å². The number of hydrogen-bond acceptors (Lipinski definition) is 4. The Balaban J connectivity index is 2.47. The van der Waals surface area contributed by atoms with Crippen molar-refractivity contribution in [2.45, 2.75) is 26.8 Å². The molecule has 0 spiro atoms. The van der Waals surface area contributed by atoms with Crippen LogP contribution in [0.4, 0.5) is 0 Å². The monoisotopic (exact) mass is 267 g/mol. The number of benzene rings is 1. The molecule has 1 aromatic rings. The van der Waals surface area contributed by atoms with Gasteiger partial charge in [0.2, 0.25) is 0 Å². The second-order valence-corrected chi connectivity index (χ2v) is 4.11. The number of para-hydroxylation sites is 1. The highest BCUT2D eigenvalue weighted by Crippen LogP contribution is 2.30. The van der Waals surface area contributed by atoms with Gasteiger partial charge in [0.25, 0.3) is 0 Å². The summed E-state index contributed by atoms with van der Waals surface area (Å²) in [6, 6.07) is 5.96. The van der Waals surface area contributed by atoms with E-state index in [4.69, 9.17) is 14.2 Å². The SMILES string of the molecule is CCOCCCNCc1cccc(OC)c1OCC. The third-order valence-corrected chi connectivity index (χ3v) is 2.73. The minimum Gasteiger partial charge on any atom is -0.493 e. The van der Waals surface area contributed by atoms with Gasteiger partial charge in [-0.1, -0.05) is 12.1 Å². The van der Waals surface area contributed by atoms with Crippen LogP contribution in [-0.4, -0.2) is 33.5 Å². The molecular weight excluding hydrogens is 242 g/mol. The van der Waals surface area contributed by atoms with Crippen LogP contribution in [0, 0.1) is 0 Å². The summed E-state index contributed by atoms with van der Waals surface area (Å²) in [6.45, 7) is 7.92. The van der Waals surface area contributed by atoms with Crippen LogP contribution >= 0.6 is 0 Å². The molecular formula is C15H25NO3. The predicted molar refractivity (Wildman–Crippen MR) is 77.0 cm³/mol. The molecule has 4 heteroatoms. The molecule has 0 aliphatic rings. The lowest BCUT2D eigenvalue weighted by Crippen LogP contribution is -2.17. The van der Waals surface area contributed by atoms with Crippen molar-refractivity contribution in [3.8, 4) is 11.5 Å². The van der Waals surface area contributed by atoms with Gasteiger partial charge in [-0.15, -0.1) is 0 Å². The van der Waals surface area contributed by atoms with Crippen molar-refractivity contribution in [3.63, 3.8) is 0 Å². The molecule has 0 saturated heterocycles. The molecule has 0 radical (unpaired) electrons. The van der Waals surface area contributed by atoms with Gasteiger partial charge in [-0.05, 0) is 32.9 Å². The maximum absolute atomic E-state index is 5.66. The first-order valence-electron chi connectivity index (χ1n) is 6.90. The average Bonchev–Trinajstić information content (AvgIpc) is 2.44. The molecule has 0 amide bonds. The van der Waals surface area contributed by atoms with E-state index in [1.165, 1.54) is 0 Å². The van der Waals surface area contributed by atoms with E-state index in [0.717, 1.165) is 49.8 Å². The van der Waals surface area contributed by atoms with Gasteiger partial charge in [0.1, 0.15) is 0 Å². The van der Waals surface area contributed by atoms with Crippen LogP contribution in [0.15, 0.2) is 18.2 Å². The average molecular weight is 267 g/mol. The molecule has 0 heterocycles. The summed E-state index contributed by atoms with van der Waals surface area (Å²) in [6.07, 6.45) is 1.02. The molecule has 0 aliphatic carbocycles. The maximum atomic E-state index is 5.66. The number of nitrogens with one attached hydrogen (secondary N) is 1. The van der Waals surface area contributed by atoms with Crippen molar-refractivity contribution < 1.29 is 14.2 Å². The zero-order valence-electron chi connectivity index (χ0n) is 12.2. The second kappa shape index (κ2) is 9.64. The van der Waals surface area contributed by atoms with Crippen molar-refractivity contribution in [1.82, 2.24) is 5.32 Å². The summed E-state index contributed by atoms with van der Waals surface area (Å²) in [5, 5.41) is 3.40. The Kier molecular flexibility index (Phi) is 8.02. The molecule has 108 valence electrons. The van der Waals surface area contributed by atoms with Crippen LogP contribution in [0.5, 0.6) is 11.5 Å². The Bertz CT molecular complexity index is 355. The molecule has 0 atom stereocenters. The number of ether oxygens (including phenoxy) is 3. The first-order valence-corrected chi connectivity index (χ1v) is 6.90. The number of methoxy groups -OCH3 is 1. The van der Waals surface area contributed by atoms with Crippen LogP contribution in [0.3, 0.4) is 0 Å². The maximum Gasteiger partial charge on any atom is 0.165 e. The lowest BCUT2D eigenvalue weighted by atomic mass is 10.2. The normalized spacial score (nSPS) is 10.5. The van der Waals surface area contributed by atoms with Gasteiger partial charge in [-0.3, -0.25) is 0 Å². The minimum atomic E-state index is 0.637. The van der Waals surface area contributed by atoms with Crippen LogP contribution in [0.25, 0.3) is 0 Å². The summed E-state index contributed by atoms with van der Waals surface area (Å²) in [5.74, 6) is 1.63. The first kappa shape index (κ1) is 15.8. The third-order valence-electron chi connectivity index (χ3n) is 2.73. The zero-order valence-corrected chi connectivity index (χ0v) is 12.2. The number of hydrogen-bond donors (Lipinski definition) is 1. The Morgan fingerprint density at radius 3 is 2.68 bits per heavy atom. The molecule has 1 rings (SSSR count). The van der Waals surface area contributed by atoms with Gasteiger partial charge < -0.3 is 19.5 Å². The lowest BCUT2D eigenvalue weighted by Gasteiger charge is -2.14. The van der Waals surface area contributed by atoms with Crippen LogP contribution in [0.1, 0.15) is 25.8 Å². The van der Waals surface area contributed by atoms with Crippen LogP contribution in [0.2, 0.25) is 0 Å². The van der Waals surface area contributed by atoms with E-state index in [-0.39, 0.29) is 0 Å². The molecule has 0 fully saturated rings. The highest BCUT2D eigenvalue weighted by molar-refractivity contribution is 5.46. The van der Waals surface area contributed by atoms with Crippen LogP contribution in [-0.2, 0) is 11.3 Å². The Morgan fingerprint density at radius 1 is 1.16 bits per heavy atom. The quantitative estimate of drug-likeness (QED) is 0.661. The van der Waals surface area contributed by atoms with E-state index in [0.29, 0.717) is 6.61 Å². The fraction of sp³-hybridized carbons (Fsp3) is 0.600. The summed E-state index contributed by atoms with van der Waals surface area (Å²) >= 11 is 0. The van der Waals surface area contributed by atoms with Crippen molar-refractivity contribution in [1.29, 1.82) is 0 Å². The Hall–Kier alpha value is -1.26. The molecule has 4 nitrogen and oxygen atoms in total. The van der Waals surface area contributed by atoms with Crippen molar-refractivity contribution in [2.75, 3.05) is 33.5 Å². The topological polar surface area (TPSA) is 39.7 Å². The fourth-order valence-electron chi connectivity index (χ4n) is 1.84. The van der Waals surface area contributed by atoms with E-state index in [2.05, 4.69) is 11.4 Å². The molecule has 0 aromatic heterocycles. The largest absolute Gasteiger partial charge is 0.493 e. The van der Waals surface area contributed by atoms with Gasteiger partial charge in [0.15, 0.2) is 11.5 Å². The highest BCUT2D eigenvalue weighted by atomic mass is 16.5.